The Morgan fingerprint density at radius 1 is 0.586 bits per heavy atom. The van der Waals surface area contributed by atoms with Gasteiger partial charge in [-0.15, -0.1) is 0 Å². The first-order valence-electron chi connectivity index (χ1n) is 8.34. The van der Waals surface area contributed by atoms with Crippen LogP contribution in [0.25, 0.3) is 0 Å². The van der Waals surface area contributed by atoms with Crippen LogP contribution in [0.1, 0.15) is 0 Å². The third kappa shape index (κ3) is 5.12. The van der Waals surface area contributed by atoms with E-state index in [4.69, 9.17) is 0 Å². The smallest absolute Gasteiger partial charge is 0.305 e. The molecule has 0 saturated carbocycles. The summed E-state index contributed by atoms with van der Waals surface area (Å²) in [5, 5.41) is 2.35. The first-order chi connectivity index (χ1) is 13.8. The summed E-state index contributed by atoms with van der Waals surface area (Å²) >= 11 is 0. The molecule has 2 amide bonds. The van der Waals surface area contributed by atoms with Gasteiger partial charge >= 0.3 is 6.03 Å². The maximum absolute atomic E-state index is 12.5. The molecule has 0 radical (unpaired) electrons. The largest absolute Gasteiger partial charge is 0.333 e. The highest BCUT2D eigenvalue weighted by Gasteiger charge is 2.19. The van der Waals surface area contributed by atoms with Crippen LogP contribution in [0.4, 0.5) is 16.2 Å². The molecule has 0 aliphatic carbocycles. The summed E-state index contributed by atoms with van der Waals surface area (Å²) in [7, 11) is -7.96. The van der Waals surface area contributed by atoms with Gasteiger partial charge in [0.2, 0.25) is 0 Å². The summed E-state index contributed by atoms with van der Waals surface area (Å²) < 4.78 is 53.8. The van der Waals surface area contributed by atoms with Gasteiger partial charge in [0.05, 0.1) is 21.2 Å². The Bertz CT molecular complexity index is 1210. The predicted octanol–water partition coefficient (Wildman–Crippen LogP) is 3.00. The van der Waals surface area contributed by atoms with E-state index in [1.54, 1.807) is 36.4 Å². The first kappa shape index (κ1) is 20.4. The molecule has 0 aromatic heterocycles. The average molecular weight is 431 g/mol. The van der Waals surface area contributed by atoms with Crippen LogP contribution < -0.4 is 14.8 Å². The summed E-state index contributed by atoms with van der Waals surface area (Å²) in [5.41, 5.74) is 0.177. The van der Waals surface area contributed by atoms with Crippen molar-refractivity contribution in [3.8, 4) is 0 Å². The van der Waals surface area contributed by atoms with E-state index in [1.165, 1.54) is 48.5 Å². The topological polar surface area (TPSA) is 121 Å². The van der Waals surface area contributed by atoms with Crippen LogP contribution in [0.15, 0.2) is 94.7 Å². The molecule has 3 rings (SSSR count). The van der Waals surface area contributed by atoms with E-state index in [9.17, 15) is 21.6 Å². The second-order valence-corrected chi connectivity index (χ2v) is 9.20. The Balaban J connectivity index is 1.78. The number of carbonyl (C=O) groups is 1. The molecule has 3 N–H and O–H groups in total. The lowest BCUT2D eigenvalue weighted by atomic mass is 10.3. The SMILES string of the molecule is O=C(Nc1ccccc1NS(=O)(=O)c1ccccc1)NS(=O)(=O)c1ccccc1. The highest BCUT2D eigenvalue weighted by atomic mass is 32.2. The number of urea groups is 1. The van der Waals surface area contributed by atoms with Gasteiger partial charge in [-0.1, -0.05) is 48.5 Å². The molecule has 150 valence electrons. The second kappa shape index (κ2) is 8.33. The molecule has 0 spiro atoms. The van der Waals surface area contributed by atoms with Gasteiger partial charge in [-0.25, -0.2) is 26.4 Å². The molecule has 0 aliphatic heterocycles. The van der Waals surface area contributed by atoms with E-state index in [0.29, 0.717) is 0 Å². The van der Waals surface area contributed by atoms with Crippen LogP contribution in [0.2, 0.25) is 0 Å². The van der Waals surface area contributed by atoms with Crippen LogP contribution in [-0.2, 0) is 20.0 Å². The van der Waals surface area contributed by atoms with Crippen molar-refractivity contribution in [3.63, 3.8) is 0 Å². The van der Waals surface area contributed by atoms with E-state index in [2.05, 4.69) is 10.0 Å². The highest BCUT2D eigenvalue weighted by molar-refractivity contribution is 7.92. The Labute approximate surface area is 168 Å². The van der Waals surface area contributed by atoms with Gasteiger partial charge in [-0.05, 0) is 36.4 Å². The summed E-state index contributed by atoms with van der Waals surface area (Å²) in [6.07, 6.45) is 0. The molecule has 0 aliphatic rings. The minimum atomic E-state index is -4.07. The van der Waals surface area contributed by atoms with Crippen LogP contribution in [-0.4, -0.2) is 22.9 Å². The van der Waals surface area contributed by atoms with Crippen molar-refractivity contribution < 1.29 is 21.6 Å². The summed E-state index contributed by atoms with van der Waals surface area (Å²) in [4.78, 5) is 12.2. The summed E-state index contributed by atoms with van der Waals surface area (Å²) in [6.45, 7) is 0. The van der Waals surface area contributed by atoms with Crippen molar-refractivity contribution in [2.75, 3.05) is 10.0 Å². The predicted molar refractivity (Wildman–Crippen MR) is 109 cm³/mol. The number of hydrogen-bond donors (Lipinski definition) is 3. The molecular weight excluding hydrogens is 414 g/mol. The number of benzene rings is 3. The van der Waals surface area contributed by atoms with Crippen LogP contribution in [0.5, 0.6) is 0 Å². The summed E-state index contributed by atoms with van der Waals surface area (Å²) in [5.74, 6) is 0. The minimum absolute atomic E-state index is 0.0471. The zero-order chi connectivity index (χ0) is 20.9. The Morgan fingerprint density at radius 3 is 1.59 bits per heavy atom. The quantitative estimate of drug-likeness (QED) is 0.554. The molecule has 0 atom stereocenters. The lowest BCUT2D eigenvalue weighted by molar-refractivity contribution is 0.256. The van der Waals surface area contributed by atoms with E-state index in [0.717, 1.165) is 0 Å². The van der Waals surface area contributed by atoms with E-state index >= 15 is 0 Å². The molecule has 29 heavy (non-hydrogen) atoms. The molecule has 0 unspecified atom stereocenters. The zero-order valence-electron chi connectivity index (χ0n) is 14.9. The van der Waals surface area contributed by atoms with Crippen molar-refractivity contribution in [2.45, 2.75) is 9.79 Å². The average Bonchev–Trinajstić information content (AvgIpc) is 2.70. The van der Waals surface area contributed by atoms with Gasteiger partial charge in [0.25, 0.3) is 20.0 Å². The van der Waals surface area contributed by atoms with Crippen molar-refractivity contribution >= 4 is 37.5 Å². The van der Waals surface area contributed by atoms with Gasteiger partial charge in [-0.2, -0.15) is 0 Å². The number of anilines is 2. The monoisotopic (exact) mass is 431 g/mol. The maximum Gasteiger partial charge on any atom is 0.333 e. The number of para-hydroxylation sites is 2. The van der Waals surface area contributed by atoms with E-state index < -0.39 is 26.1 Å². The molecule has 0 saturated heterocycles. The fourth-order valence-electron chi connectivity index (χ4n) is 2.41. The molecule has 3 aromatic rings. The minimum Gasteiger partial charge on any atom is -0.305 e. The molecule has 0 bridgehead atoms. The standard InChI is InChI=1S/C19H17N3O5S2/c23-19(22-29(26,27)16-11-5-2-6-12-16)20-17-13-7-8-14-18(17)21-28(24,25)15-9-3-1-4-10-15/h1-14,21H,(H2,20,22,23). The summed E-state index contributed by atoms with van der Waals surface area (Å²) in [6, 6.07) is 20.1. The Kier molecular flexibility index (Phi) is 5.85. The van der Waals surface area contributed by atoms with Crippen LogP contribution >= 0.6 is 0 Å². The molecule has 8 nitrogen and oxygen atoms in total. The van der Waals surface area contributed by atoms with Crippen molar-refractivity contribution in [2.24, 2.45) is 0 Å². The lowest BCUT2D eigenvalue weighted by Crippen LogP contribution is -2.34. The number of rotatable bonds is 6. The van der Waals surface area contributed by atoms with Crippen LogP contribution in [0, 0.1) is 0 Å². The Morgan fingerprint density at radius 2 is 1.03 bits per heavy atom. The number of hydrogen-bond acceptors (Lipinski definition) is 5. The number of carbonyl (C=O) groups excluding carboxylic acids is 1. The molecule has 10 heteroatoms. The highest BCUT2D eigenvalue weighted by Crippen LogP contribution is 2.24. The zero-order valence-corrected chi connectivity index (χ0v) is 16.6. The molecule has 3 aromatic carbocycles. The number of amides is 2. The Hall–Kier alpha value is -3.37. The van der Waals surface area contributed by atoms with E-state index in [1.807, 2.05) is 4.72 Å². The van der Waals surface area contributed by atoms with Crippen molar-refractivity contribution in [1.82, 2.24) is 4.72 Å². The first-order valence-corrected chi connectivity index (χ1v) is 11.3. The van der Waals surface area contributed by atoms with Gasteiger partial charge in [0.15, 0.2) is 0 Å². The van der Waals surface area contributed by atoms with Crippen LogP contribution in [0.3, 0.4) is 0 Å². The van der Waals surface area contributed by atoms with Gasteiger partial charge in [-0.3, -0.25) is 4.72 Å². The third-order valence-corrected chi connectivity index (χ3v) is 6.48. The van der Waals surface area contributed by atoms with Gasteiger partial charge < -0.3 is 5.32 Å². The van der Waals surface area contributed by atoms with Crippen molar-refractivity contribution in [3.05, 3.63) is 84.9 Å². The normalized spacial score (nSPS) is 11.4. The lowest BCUT2D eigenvalue weighted by Gasteiger charge is -2.14. The fraction of sp³-hybridized carbons (Fsp3) is 0. The number of sulfonamides is 2. The fourth-order valence-corrected chi connectivity index (χ4v) is 4.44. The molecular formula is C19H17N3O5S2. The van der Waals surface area contributed by atoms with Crippen molar-refractivity contribution in [1.29, 1.82) is 0 Å². The van der Waals surface area contributed by atoms with E-state index in [-0.39, 0.29) is 21.2 Å². The maximum atomic E-state index is 12.5. The number of nitrogens with one attached hydrogen (secondary N) is 3. The molecule has 0 heterocycles. The van der Waals surface area contributed by atoms with Gasteiger partial charge in [0, 0.05) is 0 Å². The second-order valence-electron chi connectivity index (χ2n) is 5.84. The molecule has 0 fully saturated rings. The third-order valence-electron chi connectivity index (χ3n) is 3.75. The van der Waals surface area contributed by atoms with Gasteiger partial charge in [0.1, 0.15) is 0 Å².